The molecular formula is C15H25FN2OS. The van der Waals surface area contributed by atoms with Gasteiger partial charge >= 0.3 is 0 Å². The fourth-order valence-electron chi connectivity index (χ4n) is 2.31. The third-order valence-electron chi connectivity index (χ3n) is 3.62. The quantitative estimate of drug-likeness (QED) is 0.801. The third-order valence-corrected chi connectivity index (χ3v) is 4.34. The summed E-state index contributed by atoms with van der Waals surface area (Å²) >= 11 is 1.84. The Bertz CT molecular complexity index is 388. The van der Waals surface area contributed by atoms with Crippen molar-refractivity contribution in [3.8, 4) is 0 Å². The number of pyridine rings is 1. The van der Waals surface area contributed by atoms with Crippen molar-refractivity contribution in [1.29, 1.82) is 0 Å². The maximum Gasteiger partial charge on any atom is 0.141 e. The highest BCUT2D eigenvalue weighted by atomic mass is 32.2. The van der Waals surface area contributed by atoms with Crippen LogP contribution in [-0.4, -0.2) is 46.6 Å². The van der Waals surface area contributed by atoms with E-state index in [0.29, 0.717) is 11.7 Å². The molecule has 0 bridgehead atoms. The van der Waals surface area contributed by atoms with Crippen LogP contribution < -0.4 is 0 Å². The summed E-state index contributed by atoms with van der Waals surface area (Å²) in [5.74, 6) is 0.760. The van der Waals surface area contributed by atoms with E-state index in [1.807, 2.05) is 18.7 Å². The minimum atomic E-state index is -0.662. The Balaban J connectivity index is 2.60. The van der Waals surface area contributed by atoms with Gasteiger partial charge in [0.15, 0.2) is 0 Å². The molecule has 1 aromatic rings. The van der Waals surface area contributed by atoms with Gasteiger partial charge in [-0.1, -0.05) is 13.8 Å². The summed E-state index contributed by atoms with van der Waals surface area (Å²) in [6.45, 7) is 4.97. The molecule has 0 fully saturated rings. The highest BCUT2D eigenvalue weighted by Gasteiger charge is 2.22. The molecule has 0 spiro atoms. The van der Waals surface area contributed by atoms with Crippen molar-refractivity contribution in [3.63, 3.8) is 0 Å². The van der Waals surface area contributed by atoms with Crippen LogP contribution >= 0.6 is 11.8 Å². The molecule has 0 aliphatic rings. The summed E-state index contributed by atoms with van der Waals surface area (Å²) in [5, 5.41) is 10.3. The van der Waals surface area contributed by atoms with Gasteiger partial charge < -0.3 is 10.0 Å². The van der Waals surface area contributed by atoms with E-state index in [0.717, 1.165) is 24.9 Å². The second-order valence-electron chi connectivity index (χ2n) is 5.28. The molecule has 0 saturated heterocycles. The molecule has 1 aromatic heterocycles. The van der Waals surface area contributed by atoms with Crippen molar-refractivity contribution in [1.82, 2.24) is 9.88 Å². The SMILES string of the molecule is CCC(CSC)N(C)CC(C)C(O)c1ccc(F)cn1. The van der Waals surface area contributed by atoms with Crippen molar-refractivity contribution in [3.05, 3.63) is 29.8 Å². The number of hydrogen-bond donors (Lipinski definition) is 1. The van der Waals surface area contributed by atoms with E-state index in [-0.39, 0.29) is 11.7 Å². The minimum Gasteiger partial charge on any atom is -0.386 e. The Hall–Kier alpha value is -0.650. The molecular weight excluding hydrogens is 275 g/mol. The van der Waals surface area contributed by atoms with Crippen LogP contribution in [0.5, 0.6) is 0 Å². The summed E-state index contributed by atoms with van der Waals surface area (Å²) in [7, 11) is 2.09. The lowest BCUT2D eigenvalue weighted by Crippen LogP contribution is -2.37. The van der Waals surface area contributed by atoms with Crippen LogP contribution in [0, 0.1) is 11.7 Å². The number of rotatable bonds is 8. The van der Waals surface area contributed by atoms with Crippen molar-refractivity contribution < 1.29 is 9.50 Å². The maximum absolute atomic E-state index is 12.8. The predicted molar refractivity (Wildman–Crippen MR) is 83.4 cm³/mol. The molecule has 0 aromatic carbocycles. The normalized spacial score (nSPS) is 16.1. The van der Waals surface area contributed by atoms with E-state index in [1.165, 1.54) is 6.07 Å². The van der Waals surface area contributed by atoms with Crippen LogP contribution in [0.2, 0.25) is 0 Å². The van der Waals surface area contributed by atoms with Crippen molar-refractivity contribution in [2.75, 3.05) is 25.6 Å². The van der Waals surface area contributed by atoms with Gasteiger partial charge in [-0.15, -0.1) is 0 Å². The van der Waals surface area contributed by atoms with Gasteiger partial charge in [-0.3, -0.25) is 4.98 Å². The van der Waals surface area contributed by atoms with Gasteiger partial charge in [0.05, 0.1) is 18.0 Å². The Kier molecular flexibility index (Phi) is 7.48. The van der Waals surface area contributed by atoms with Crippen LogP contribution in [0.15, 0.2) is 18.3 Å². The van der Waals surface area contributed by atoms with E-state index < -0.39 is 6.10 Å². The summed E-state index contributed by atoms with van der Waals surface area (Å²) in [5.41, 5.74) is 0.533. The first kappa shape index (κ1) is 17.4. The highest BCUT2D eigenvalue weighted by Crippen LogP contribution is 2.22. The largest absolute Gasteiger partial charge is 0.386 e. The molecule has 1 heterocycles. The lowest BCUT2D eigenvalue weighted by Gasteiger charge is -2.30. The van der Waals surface area contributed by atoms with Crippen LogP contribution in [-0.2, 0) is 0 Å². The van der Waals surface area contributed by atoms with Crippen LogP contribution in [0.4, 0.5) is 4.39 Å². The zero-order valence-electron chi connectivity index (χ0n) is 12.7. The molecule has 20 heavy (non-hydrogen) atoms. The molecule has 5 heteroatoms. The first-order chi connectivity index (χ1) is 9.49. The molecule has 114 valence electrons. The molecule has 3 atom stereocenters. The number of aliphatic hydroxyl groups is 1. The topological polar surface area (TPSA) is 36.4 Å². The van der Waals surface area contributed by atoms with Gasteiger partial charge in [0, 0.05) is 24.3 Å². The first-order valence-electron chi connectivity index (χ1n) is 6.98. The average molecular weight is 300 g/mol. The van der Waals surface area contributed by atoms with Crippen LogP contribution in [0.3, 0.4) is 0 Å². The zero-order chi connectivity index (χ0) is 15.1. The summed E-state index contributed by atoms with van der Waals surface area (Å²) in [4.78, 5) is 6.25. The lowest BCUT2D eigenvalue weighted by molar-refractivity contribution is 0.0823. The second-order valence-corrected chi connectivity index (χ2v) is 6.19. The van der Waals surface area contributed by atoms with Gasteiger partial charge in [-0.25, -0.2) is 4.39 Å². The molecule has 3 unspecified atom stereocenters. The van der Waals surface area contributed by atoms with Crippen LogP contribution in [0.25, 0.3) is 0 Å². The standard InChI is InChI=1S/C15H25FN2OS/c1-5-13(10-20-4)18(3)9-11(2)15(19)14-7-6-12(16)8-17-14/h6-8,11,13,15,19H,5,9-10H2,1-4H3. The smallest absolute Gasteiger partial charge is 0.141 e. The van der Waals surface area contributed by atoms with E-state index >= 15 is 0 Å². The van der Waals surface area contributed by atoms with E-state index in [9.17, 15) is 9.50 Å². The van der Waals surface area contributed by atoms with Gasteiger partial charge in [0.25, 0.3) is 0 Å². The molecule has 3 nitrogen and oxygen atoms in total. The zero-order valence-corrected chi connectivity index (χ0v) is 13.5. The molecule has 0 aliphatic heterocycles. The minimum absolute atomic E-state index is 0.0499. The number of nitrogens with zero attached hydrogens (tertiary/aromatic N) is 2. The van der Waals surface area contributed by atoms with Gasteiger partial charge in [0.1, 0.15) is 5.82 Å². The number of aromatic nitrogens is 1. The van der Waals surface area contributed by atoms with Crippen LogP contribution in [0.1, 0.15) is 32.1 Å². The molecule has 0 amide bonds. The summed E-state index contributed by atoms with van der Waals surface area (Å²) in [6.07, 6.45) is 3.69. The Morgan fingerprint density at radius 2 is 2.15 bits per heavy atom. The van der Waals surface area contributed by atoms with Gasteiger partial charge in [-0.2, -0.15) is 11.8 Å². The number of aliphatic hydroxyl groups excluding tert-OH is 1. The monoisotopic (exact) mass is 300 g/mol. The second kappa shape index (κ2) is 8.60. The fraction of sp³-hybridized carbons (Fsp3) is 0.667. The fourth-order valence-corrected chi connectivity index (χ4v) is 3.18. The van der Waals surface area contributed by atoms with Gasteiger partial charge in [0.2, 0.25) is 0 Å². The Labute approximate surface area is 125 Å². The molecule has 0 aliphatic carbocycles. The number of halogens is 1. The van der Waals surface area contributed by atoms with Crippen molar-refractivity contribution in [2.45, 2.75) is 32.4 Å². The average Bonchev–Trinajstić information content (AvgIpc) is 2.44. The Morgan fingerprint density at radius 3 is 2.65 bits per heavy atom. The lowest BCUT2D eigenvalue weighted by atomic mass is 10.00. The molecule has 1 rings (SSSR count). The van der Waals surface area contributed by atoms with E-state index in [2.05, 4.69) is 30.1 Å². The molecule has 0 saturated carbocycles. The van der Waals surface area contributed by atoms with Crippen molar-refractivity contribution >= 4 is 11.8 Å². The third kappa shape index (κ3) is 5.04. The summed E-state index contributed by atoms with van der Waals surface area (Å²) in [6, 6.07) is 3.40. The molecule has 0 radical (unpaired) electrons. The number of thioether (sulfide) groups is 1. The summed E-state index contributed by atoms with van der Waals surface area (Å²) < 4.78 is 12.8. The molecule has 1 N–H and O–H groups in total. The highest BCUT2D eigenvalue weighted by molar-refractivity contribution is 7.98. The first-order valence-corrected chi connectivity index (χ1v) is 8.37. The van der Waals surface area contributed by atoms with Gasteiger partial charge in [-0.05, 0) is 31.9 Å². The van der Waals surface area contributed by atoms with Crippen molar-refractivity contribution in [2.24, 2.45) is 5.92 Å². The van der Waals surface area contributed by atoms with E-state index in [1.54, 1.807) is 6.07 Å². The van der Waals surface area contributed by atoms with E-state index in [4.69, 9.17) is 0 Å². The predicted octanol–water partition coefficient (Wildman–Crippen LogP) is 2.96. The maximum atomic E-state index is 12.8. The Morgan fingerprint density at radius 1 is 1.45 bits per heavy atom. The number of hydrogen-bond acceptors (Lipinski definition) is 4.